The van der Waals surface area contributed by atoms with Crippen LogP contribution in [0.25, 0.3) is 5.52 Å². The minimum absolute atomic E-state index is 0.101. The molecule has 190 valence electrons. The number of aromatic nitrogens is 3. The highest BCUT2D eigenvalue weighted by Crippen LogP contribution is 2.49. The van der Waals surface area contributed by atoms with Gasteiger partial charge in [0, 0.05) is 0 Å². The number of nitrogens with two attached hydrogens (primary N) is 1. The van der Waals surface area contributed by atoms with Crippen LogP contribution in [0.3, 0.4) is 0 Å². The van der Waals surface area contributed by atoms with E-state index in [4.69, 9.17) is 19.9 Å². The third-order valence-corrected chi connectivity index (χ3v) is 6.32. The lowest BCUT2D eigenvalue weighted by molar-refractivity contribution is -0.256. The summed E-state index contributed by atoms with van der Waals surface area (Å²) in [4.78, 5) is 29.3. The number of nitrogen functional groups attached to an aromatic ring is 1. The number of anilines is 1. The van der Waals surface area contributed by atoms with Gasteiger partial charge in [-0.25, -0.2) is 23.5 Å². The first kappa shape index (κ1) is 24.3. The molecular weight excluding hydrogens is 483 g/mol. The normalized spacial score (nSPS) is 25.2. The van der Waals surface area contributed by atoms with Gasteiger partial charge in [0.15, 0.2) is 11.9 Å². The average Bonchev–Trinajstić information content (AvgIpc) is 3.43. The number of carbonyl (C=O) groups is 2. The third-order valence-electron chi connectivity index (χ3n) is 6.32. The van der Waals surface area contributed by atoms with Crippen LogP contribution in [0, 0.1) is 0 Å². The largest absolute Gasteiger partial charge is 0.459 e. The molecule has 5 rings (SSSR count). The van der Waals surface area contributed by atoms with Crippen molar-refractivity contribution in [3.63, 3.8) is 0 Å². The quantitative estimate of drug-likeness (QED) is 0.378. The monoisotopic (exact) mass is 506 g/mol. The van der Waals surface area contributed by atoms with Gasteiger partial charge in [-0.3, -0.25) is 0 Å². The van der Waals surface area contributed by atoms with Gasteiger partial charge in [0.25, 0.3) is 0 Å². The second kappa shape index (κ2) is 9.26. The van der Waals surface area contributed by atoms with E-state index in [9.17, 15) is 14.7 Å². The van der Waals surface area contributed by atoms with Crippen molar-refractivity contribution >= 4 is 23.3 Å². The van der Waals surface area contributed by atoms with Gasteiger partial charge in [-0.05, 0) is 43.3 Å². The Kier molecular flexibility index (Phi) is 6.10. The number of rotatable bonds is 6. The predicted molar refractivity (Wildman–Crippen MR) is 128 cm³/mol. The highest BCUT2D eigenvalue weighted by atomic mass is 19.1. The van der Waals surface area contributed by atoms with Gasteiger partial charge in [-0.15, -0.1) is 0 Å². The Bertz CT molecular complexity index is 1450. The molecule has 1 fully saturated rings. The van der Waals surface area contributed by atoms with E-state index in [2.05, 4.69) is 10.1 Å². The number of halogens is 1. The van der Waals surface area contributed by atoms with Crippen LogP contribution in [0.2, 0.25) is 0 Å². The lowest BCUT2D eigenvalue weighted by Crippen LogP contribution is -2.51. The lowest BCUT2D eigenvalue weighted by Gasteiger charge is -2.32. The van der Waals surface area contributed by atoms with Crippen molar-refractivity contribution in [3.05, 3.63) is 95.9 Å². The van der Waals surface area contributed by atoms with E-state index in [1.54, 1.807) is 48.5 Å². The van der Waals surface area contributed by atoms with Crippen molar-refractivity contribution in [1.82, 2.24) is 14.6 Å². The van der Waals surface area contributed by atoms with Gasteiger partial charge in [0.2, 0.25) is 11.5 Å². The molecule has 37 heavy (non-hydrogen) atoms. The molecule has 0 amide bonds. The maximum Gasteiger partial charge on any atom is 0.338 e. The first-order valence-electron chi connectivity index (χ1n) is 11.4. The molecule has 0 unspecified atom stereocenters. The van der Waals surface area contributed by atoms with Gasteiger partial charge < -0.3 is 25.1 Å². The van der Waals surface area contributed by atoms with Crippen LogP contribution < -0.4 is 5.73 Å². The number of hydrogen-bond acceptors (Lipinski definition) is 9. The zero-order valence-electron chi connectivity index (χ0n) is 19.7. The minimum atomic E-state index is -2.71. The zero-order chi connectivity index (χ0) is 26.2. The first-order valence-corrected chi connectivity index (χ1v) is 11.4. The fourth-order valence-electron chi connectivity index (χ4n) is 4.34. The number of nitrogens with zero attached hydrogens (tertiary/aromatic N) is 3. The summed E-state index contributed by atoms with van der Waals surface area (Å²) < 4.78 is 34.5. The van der Waals surface area contributed by atoms with E-state index in [1.807, 2.05) is 0 Å². The smallest absolute Gasteiger partial charge is 0.338 e. The molecule has 11 heteroatoms. The number of benzene rings is 2. The van der Waals surface area contributed by atoms with E-state index in [1.165, 1.54) is 28.8 Å². The van der Waals surface area contributed by atoms with Crippen molar-refractivity contribution in [3.8, 4) is 0 Å². The van der Waals surface area contributed by atoms with Crippen LogP contribution in [-0.2, 0) is 20.0 Å². The van der Waals surface area contributed by atoms with E-state index in [-0.39, 0.29) is 22.6 Å². The fourth-order valence-corrected chi connectivity index (χ4v) is 4.34. The van der Waals surface area contributed by atoms with Crippen molar-refractivity contribution in [2.45, 2.75) is 30.6 Å². The summed E-state index contributed by atoms with van der Waals surface area (Å²) in [6.45, 7) is 0.529. The SMILES string of the molecule is C[C@@]1(F)[C@H](OC(=O)c2ccccc2)[C@@H](COC(=O)c2ccccc2)O[C@@]1(O)c1ccc2c(N)ncnn12. The molecular formula is C26H23FN4O6. The summed E-state index contributed by atoms with van der Waals surface area (Å²) in [5, 5.41) is 15.7. The standard InChI is InChI=1S/C26H23FN4O6/c1-25(27)21(36-24(33)17-10-6-3-7-11-17)19(14-35-23(32)16-8-4-2-5-9-16)37-26(25,34)20-13-12-18-22(28)29-15-30-31(18)20/h2-13,15,19,21,34H,14H2,1H3,(H2,28,29,30)/t19-,21-,25-,26+/m1/s1. The Balaban J connectivity index is 1.50. The number of carbonyl (C=O) groups excluding carboxylic acids is 2. The molecule has 0 aliphatic carbocycles. The summed E-state index contributed by atoms with van der Waals surface area (Å²) in [5.41, 5.74) is 3.80. The average molecular weight is 506 g/mol. The first-order chi connectivity index (χ1) is 17.7. The van der Waals surface area contributed by atoms with E-state index >= 15 is 4.39 Å². The third kappa shape index (κ3) is 4.17. The Morgan fingerprint density at radius 3 is 2.32 bits per heavy atom. The molecule has 0 radical (unpaired) electrons. The van der Waals surface area contributed by atoms with Crippen molar-refractivity contribution in [2.24, 2.45) is 0 Å². The molecule has 2 aromatic carbocycles. The number of hydrogen-bond donors (Lipinski definition) is 2. The van der Waals surface area contributed by atoms with Crippen LogP contribution >= 0.6 is 0 Å². The van der Waals surface area contributed by atoms with Crippen LogP contribution in [0.4, 0.5) is 10.2 Å². The Morgan fingerprint density at radius 2 is 1.68 bits per heavy atom. The summed E-state index contributed by atoms with van der Waals surface area (Å²) >= 11 is 0. The molecule has 0 spiro atoms. The van der Waals surface area contributed by atoms with Crippen LogP contribution in [0.1, 0.15) is 33.3 Å². The lowest BCUT2D eigenvalue weighted by atomic mass is 9.89. The molecule has 4 aromatic rings. The predicted octanol–water partition coefficient (Wildman–Crippen LogP) is 2.67. The van der Waals surface area contributed by atoms with E-state index < -0.39 is 42.2 Å². The summed E-state index contributed by atoms with van der Waals surface area (Å²) in [6.07, 6.45) is -1.89. The molecule has 10 nitrogen and oxygen atoms in total. The molecule has 3 heterocycles. The van der Waals surface area contributed by atoms with Crippen molar-refractivity contribution in [2.75, 3.05) is 12.3 Å². The summed E-state index contributed by atoms with van der Waals surface area (Å²) in [7, 11) is 0. The Hall–Kier alpha value is -4.35. The number of fused-ring (bicyclic) bond motifs is 1. The van der Waals surface area contributed by atoms with Crippen LogP contribution in [-0.4, -0.2) is 56.1 Å². The number of alkyl halides is 1. The van der Waals surface area contributed by atoms with Crippen molar-refractivity contribution < 1.29 is 33.3 Å². The summed E-state index contributed by atoms with van der Waals surface area (Å²) in [5.74, 6) is -4.09. The molecule has 3 N–H and O–H groups in total. The fraction of sp³-hybridized carbons (Fsp3) is 0.231. The van der Waals surface area contributed by atoms with Crippen LogP contribution in [0.5, 0.6) is 0 Å². The molecule has 0 saturated carbocycles. The number of aliphatic hydroxyl groups is 1. The highest BCUT2D eigenvalue weighted by molar-refractivity contribution is 5.90. The molecule has 1 aliphatic rings. The Morgan fingerprint density at radius 1 is 1.05 bits per heavy atom. The number of ether oxygens (including phenoxy) is 3. The van der Waals surface area contributed by atoms with Gasteiger partial charge in [-0.2, -0.15) is 5.10 Å². The van der Waals surface area contributed by atoms with Gasteiger partial charge in [0.1, 0.15) is 30.2 Å². The van der Waals surface area contributed by atoms with Gasteiger partial charge in [-0.1, -0.05) is 36.4 Å². The van der Waals surface area contributed by atoms with Gasteiger partial charge in [0.05, 0.1) is 11.1 Å². The second-order valence-corrected chi connectivity index (χ2v) is 8.69. The van der Waals surface area contributed by atoms with Crippen LogP contribution in [0.15, 0.2) is 79.1 Å². The van der Waals surface area contributed by atoms with Crippen molar-refractivity contribution in [1.29, 1.82) is 0 Å². The minimum Gasteiger partial charge on any atom is -0.459 e. The second-order valence-electron chi connectivity index (χ2n) is 8.69. The maximum absolute atomic E-state index is 16.6. The van der Waals surface area contributed by atoms with E-state index in [0.29, 0.717) is 5.52 Å². The van der Waals surface area contributed by atoms with E-state index in [0.717, 1.165) is 13.3 Å². The highest BCUT2D eigenvalue weighted by Gasteiger charge is 2.68. The summed E-state index contributed by atoms with van der Waals surface area (Å²) in [6, 6.07) is 19.0. The molecule has 1 aliphatic heterocycles. The van der Waals surface area contributed by atoms with Gasteiger partial charge >= 0.3 is 11.9 Å². The molecule has 0 bridgehead atoms. The maximum atomic E-state index is 16.6. The molecule has 4 atom stereocenters. The Labute approximate surface area is 210 Å². The molecule has 1 saturated heterocycles. The number of esters is 2. The zero-order valence-corrected chi connectivity index (χ0v) is 19.7. The molecule has 2 aromatic heterocycles. The topological polar surface area (TPSA) is 138 Å².